The van der Waals surface area contributed by atoms with Crippen LogP contribution in [0.4, 0.5) is 25.1 Å². The lowest BCUT2D eigenvalue weighted by Gasteiger charge is -2.18. The van der Waals surface area contributed by atoms with Gasteiger partial charge in [-0.3, -0.25) is 4.79 Å². The van der Waals surface area contributed by atoms with E-state index in [2.05, 4.69) is 5.32 Å². The molecular weight excluding hydrogens is 473 g/mol. The van der Waals surface area contributed by atoms with E-state index in [-0.39, 0.29) is 5.56 Å². The van der Waals surface area contributed by atoms with Gasteiger partial charge < -0.3 is 15.5 Å². The van der Waals surface area contributed by atoms with Crippen LogP contribution in [0, 0.1) is 0 Å². The zero-order valence-electron chi connectivity index (χ0n) is 12.5. The average molecular weight is 480 g/mol. The van der Waals surface area contributed by atoms with E-state index in [1.54, 1.807) is 0 Å². The molecule has 0 atom stereocenters. The van der Waals surface area contributed by atoms with Crippen LogP contribution >= 0.6 is 60.7 Å². The first kappa shape index (κ1) is 22.2. The maximum absolute atomic E-state index is 13.4. The monoisotopic (exact) mass is 479 g/mol. The van der Waals surface area contributed by atoms with E-state index in [1.165, 1.54) is 0 Å². The number of carbonyl (C=O) groups is 1. The summed E-state index contributed by atoms with van der Waals surface area (Å²) in [5.41, 5.74) is -0.925. The Morgan fingerprint density at radius 3 is 1.44 bits per heavy atom. The van der Waals surface area contributed by atoms with E-state index in [0.29, 0.717) is 0 Å². The number of aromatic hydroxyl groups is 2. The molecule has 0 saturated heterocycles. The number of anilines is 1. The molecule has 2 rings (SSSR count). The standard InChI is InChI=1S/C13H6F5NO3S5/c14-23-8-7(19-13(22)4-1-5(20)3-6(21)2-4)9(24-15)11(26-17)12(27-18)10(8)25-16/h1-3,20-21H,(H,19,22). The lowest BCUT2D eigenvalue weighted by molar-refractivity contribution is 0.102. The molecule has 4 nitrogen and oxygen atoms in total. The summed E-state index contributed by atoms with van der Waals surface area (Å²) in [6.45, 7) is 0. The van der Waals surface area contributed by atoms with Crippen LogP contribution in [0.15, 0.2) is 42.7 Å². The number of amides is 1. The van der Waals surface area contributed by atoms with Gasteiger partial charge in [-0.05, 0) is 12.1 Å². The second kappa shape index (κ2) is 9.91. The fourth-order valence-corrected chi connectivity index (χ4v) is 4.87. The highest BCUT2D eigenvalue weighted by Gasteiger charge is 2.29. The first-order valence-corrected chi connectivity index (χ1v) is 10.0. The van der Waals surface area contributed by atoms with Gasteiger partial charge in [-0.1, -0.05) is 0 Å². The maximum atomic E-state index is 13.4. The molecule has 0 aliphatic carbocycles. The number of rotatable bonds is 7. The van der Waals surface area contributed by atoms with Crippen LogP contribution in [0.2, 0.25) is 0 Å². The highest BCUT2D eigenvalue weighted by atomic mass is 32.2. The molecule has 0 aromatic heterocycles. The van der Waals surface area contributed by atoms with Gasteiger partial charge in [-0.25, -0.2) is 0 Å². The number of carbonyl (C=O) groups excluding carboxylic acids is 1. The van der Waals surface area contributed by atoms with Crippen molar-refractivity contribution in [1.82, 2.24) is 0 Å². The molecule has 27 heavy (non-hydrogen) atoms. The van der Waals surface area contributed by atoms with Gasteiger partial charge >= 0.3 is 0 Å². The summed E-state index contributed by atoms with van der Waals surface area (Å²) in [6, 6.07) is 2.83. The van der Waals surface area contributed by atoms with Crippen LogP contribution in [0.5, 0.6) is 11.5 Å². The summed E-state index contributed by atoms with van der Waals surface area (Å²) in [5.74, 6) is -1.98. The Kier molecular flexibility index (Phi) is 8.15. The molecule has 0 spiro atoms. The van der Waals surface area contributed by atoms with E-state index < -0.39 is 108 Å². The largest absolute Gasteiger partial charge is 0.508 e. The molecule has 1 amide bonds. The zero-order valence-corrected chi connectivity index (χ0v) is 16.5. The van der Waals surface area contributed by atoms with Crippen LogP contribution in [0.3, 0.4) is 0 Å². The number of benzene rings is 2. The minimum atomic E-state index is -1.04. The SMILES string of the molecule is O=C(Nc1c(SF)c(SF)c(SF)c(SF)c1SF)c1cc(O)cc(O)c1. The van der Waals surface area contributed by atoms with E-state index >= 15 is 0 Å². The van der Waals surface area contributed by atoms with Crippen molar-refractivity contribution in [2.24, 2.45) is 0 Å². The molecule has 146 valence electrons. The van der Waals surface area contributed by atoms with Gasteiger partial charge in [0.15, 0.2) is 0 Å². The third-order valence-corrected chi connectivity index (χ3v) is 6.40. The molecular formula is C13H6F5NO3S5. The van der Waals surface area contributed by atoms with Crippen LogP contribution < -0.4 is 5.32 Å². The van der Waals surface area contributed by atoms with E-state index in [1.807, 2.05) is 0 Å². The first-order chi connectivity index (χ1) is 12.9. The normalized spacial score (nSPS) is 10.9. The topological polar surface area (TPSA) is 69.6 Å². The van der Waals surface area contributed by atoms with Crippen molar-refractivity contribution >= 4 is 72.3 Å². The Balaban J connectivity index is 2.65. The third-order valence-electron chi connectivity index (χ3n) is 3.07. The zero-order chi connectivity index (χ0) is 20.1. The molecule has 0 saturated carbocycles. The quantitative estimate of drug-likeness (QED) is 0.359. The number of nitrogens with one attached hydrogen (secondary N) is 1. The number of halogens is 5. The molecule has 2 aromatic carbocycles. The third kappa shape index (κ3) is 4.67. The summed E-state index contributed by atoms with van der Waals surface area (Å²) in [4.78, 5) is 8.96. The summed E-state index contributed by atoms with van der Waals surface area (Å²) in [5, 5.41) is 20.9. The molecule has 0 aliphatic rings. The Hall–Kier alpha value is -1.09. The second-order valence-electron chi connectivity index (χ2n) is 4.60. The number of hydrogen-bond acceptors (Lipinski definition) is 8. The fraction of sp³-hybridized carbons (Fsp3) is 0. The van der Waals surface area contributed by atoms with Crippen molar-refractivity contribution in [3.63, 3.8) is 0 Å². The molecule has 0 bridgehead atoms. The van der Waals surface area contributed by atoms with Gasteiger partial charge in [-0.15, -0.1) is 0 Å². The van der Waals surface area contributed by atoms with Crippen molar-refractivity contribution < 1.29 is 34.4 Å². The highest BCUT2D eigenvalue weighted by Crippen LogP contribution is 2.54. The molecule has 2 aromatic rings. The molecule has 0 unspecified atom stereocenters. The lowest BCUT2D eigenvalue weighted by Crippen LogP contribution is -2.14. The van der Waals surface area contributed by atoms with Gasteiger partial charge in [0.1, 0.15) is 11.5 Å². The summed E-state index contributed by atoms with van der Waals surface area (Å²) in [6.07, 6.45) is 0. The molecule has 0 aliphatic heterocycles. The minimum Gasteiger partial charge on any atom is -0.508 e. The smallest absolute Gasteiger partial charge is 0.255 e. The molecule has 0 radical (unpaired) electrons. The highest BCUT2D eigenvalue weighted by molar-refractivity contribution is 8.00. The van der Waals surface area contributed by atoms with Crippen LogP contribution in [-0.4, -0.2) is 16.1 Å². The molecule has 0 fully saturated rings. The van der Waals surface area contributed by atoms with Gasteiger partial charge in [0, 0.05) is 11.6 Å². The van der Waals surface area contributed by atoms with Crippen LogP contribution in [-0.2, 0) is 0 Å². The Morgan fingerprint density at radius 2 is 1.07 bits per heavy atom. The number of hydrogen-bond donors (Lipinski definition) is 3. The maximum Gasteiger partial charge on any atom is 0.255 e. The van der Waals surface area contributed by atoms with Crippen molar-refractivity contribution in [1.29, 1.82) is 0 Å². The predicted molar refractivity (Wildman–Crippen MR) is 99.0 cm³/mol. The number of phenolic OH excluding ortho intramolecular Hbond substituents is 2. The van der Waals surface area contributed by atoms with Crippen molar-refractivity contribution in [2.75, 3.05) is 5.32 Å². The van der Waals surface area contributed by atoms with E-state index in [0.717, 1.165) is 18.2 Å². The van der Waals surface area contributed by atoms with Crippen LogP contribution in [0.1, 0.15) is 10.4 Å². The molecule has 0 heterocycles. The van der Waals surface area contributed by atoms with Gasteiger partial charge in [0.05, 0.1) is 90.9 Å². The predicted octanol–water partition coefficient (Wildman–Crippen LogP) is 7.23. The van der Waals surface area contributed by atoms with E-state index in [9.17, 15) is 34.4 Å². The van der Waals surface area contributed by atoms with E-state index in [4.69, 9.17) is 0 Å². The second-order valence-corrected chi connectivity index (χ2v) is 7.41. The summed E-state index contributed by atoms with van der Waals surface area (Å²) in [7, 11) is 0. The Labute approximate surface area is 171 Å². The first-order valence-electron chi connectivity index (χ1n) is 6.43. The summed E-state index contributed by atoms with van der Waals surface area (Å²) < 4.78 is 66.5. The Bertz CT molecular complexity index is 819. The molecule has 14 heteroatoms. The Morgan fingerprint density at radius 1 is 0.704 bits per heavy atom. The van der Waals surface area contributed by atoms with Crippen LogP contribution in [0.25, 0.3) is 0 Å². The summed E-state index contributed by atoms with van der Waals surface area (Å²) >= 11 is -3.00. The van der Waals surface area contributed by atoms with Gasteiger partial charge in [-0.2, -0.15) is 19.4 Å². The average Bonchev–Trinajstić information content (AvgIpc) is 2.65. The lowest BCUT2D eigenvalue weighted by atomic mass is 10.2. The van der Waals surface area contributed by atoms with Crippen molar-refractivity contribution in [3.05, 3.63) is 23.8 Å². The molecule has 3 N–H and O–H groups in total. The fourth-order valence-electron chi connectivity index (χ4n) is 2.02. The van der Waals surface area contributed by atoms with Gasteiger partial charge in [0.2, 0.25) is 0 Å². The van der Waals surface area contributed by atoms with Crippen molar-refractivity contribution in [2.45, 2.75) is 24.5 Å². The van der Waals surface area contributed by atoms with Crippen molar-refractivity contribution in [3.8, 4) is 11.5 Å². The van der Waals surface area contributed by atoms with Gasteiger partial charge in [0.25, 0.3) is 5.91 Å². The minimum absolute atomic E-state index is 0.301. The number of phenols is 2.